The molecule has 1 aliphatic rings. The quantitative estimate of drug-likeness (QED) is 0.834. The molecule has 6 heteroatoms. The summed E-state index contributed by atoms with van der Waals surface area (Å²) in [5.41, 5.74) is 1.73. The number of furan rings is 1. The minimum Gasteiger partial charge on any atom is -0.467 e. The van der Waals surface area contributed by atoms with Crippen molar-refractivity contribution in [2.45, 2.75) is 32.4 Å². The molecule has 0 saturated carbocycles. The lowest BCUT2D eigenvalue weighted by atomic mass is 10.1. The Hall–Kier alpha value is -2.08. The fraction of sp³-hybridized carbons (Fsp3) is 0.389. The molecule has 3 rings (SSSR count). The van der Waals surface area contributed by atoms with Crippen LogP contribution in [0.3, 0.4) is 0 Å². The van der Waals surface area contributed by atoms with Crippen molar-refractivity contribution in [2.24, 2.45) is 0 Å². The van der Waals surface area contributed by atoms with Gasteiger partial charge in [-0.1, -0.05) is 19.1 Å². The SMILES string of the molecule is CCc1ccc(C(=O)N(Cc2ccco2)C2CCS(=O)(=O)C2)cc1. The molecule has 1 amide bonds. The van der Waals surface area contributed by atoms with E-state index in [1.165, 1.54) is 0 Å². The second-order valence-electron chi connectivity index (χ2n) is 6.12. The van der Waals surface area contributed by atoms with E-state index in [1.54, 1.807) is 35.4 Å². The molecule has 1 unspecified atom stereocenters. The number of hydrogen-bond donors (Lipinski definition) is 0. The maximum Gasteiger partial charge on any atom is 0.254 e. The Morgan fingerprint density at radius 2 is 2.00 bits per heavy atom. The summed E-state index contributed by atoms with van der Waals surface area (Å²) in [6.07, 6.45) is 2.94. The number of rotatable bonds is 5. The minimum atomic E-state index is -3.07. The van der Waals surface area contributed by atoms with Gasteiger partial charge in [-0.05, 0) is 42.7 Å². The van der Waals surface area contributed by atoms with Gasteiger partial charge in [0.1, 0.15) is 5.76 Å². The molecule has 1 atom stereocenters. The Morgan fingerprint density at radius 3 is 2.54 bits per heavy atom. The number of benzene rings is 1. The summed E-state index contributed by atoms with van der Waals surface area (Å²) < 4.78 is 29.0. The van der Waals surface area contributed by atoms with Crippen LogP contribution in [0, 0.1) is 0 Å². The van der Waals surface area contributed by atoms with Gasteiger partial charge >= 0.3 is 0 Å². The third-order valence-electron chi connectivity index (χ3n) is 4.43. The number of carbonyl (C=O) groups excluding carboxylic acids is 1. The van der Waals surface area contributed by atoms with E-state index in [2.05, 4.69) is 6.92 Å². The van der Waals surface area contributed by atoms with Crippen LogP contribution in [0.15, 0.2) is 47.1 Å². The van der Waals surface area contributed by atoms with Crippen molar-refractivity contribution in [3.05, 3.63) is 59.5 Å². The molecule has 1 aromatic carbocycles. The Bertz CT molecular complexity index is 794. The lowest BCUT2D eigenvalue weighted by Crippen LogP contribution is -2.40. The monoisotopic (exact) mass is 347 g/mol. The van der Waals surface area contributed by atoms with E-state index in [-0.39, 0.29) is 30.0 Å². The van der Waals surface area contributed by atoms with Crippen LogP contribution < -0.4 is 0 Å². The summed E-state index contributed by atoms with van der Waals surface area (Å²) in [4.78, 5) is 14.6. The molecule has 2 aromatic rings. The van der Waals surface area contributed by atoms with Crippen molar-refractivity contribution in [3.8, 4) is 0 Å². The lowest BCUT2D eigenvalue weighted by molar-refractivity contribution is 0.0666. The molecule has 0 N–H and O–H groups in total. The van der Waals surface area contributed by atoms with Crippen molar-refractivity contribution in [2.75, 3.05) is 11.5 Å². The second-order valence-corrected chi connectivity index (χ2v) is 8.35. The van der Waals surface area contributed by atoms with E-state index in [4.69, 9.17) is 4.42 Å². The first-order chi connectivity index (χ1) is 11.5. The fourth-order valence-electron chi connectivity index (χ4n) is 3.01. The van der Waals surface area contributed by atoms with Gasteiger partial charge in [-0.25, -0.2) is 8.42 Å². The first-order valence-corrected chi connectivity index (χ1v) is 9.93. The van der Waals surface area contributed by atoms with Crippen molar-refractivity contribution in [1.29, 1.82) is 0 Å². The van der Waals surface area contributed by atoms with Crippen molar-refractivity contribution in [3.63, 3.8) is 0 Å². The van der Waals surface area contributed by atoms with Crippen LogP contribution in [0.1, 0.15) is 35.0 Å². The molecule has 128 valence electrons. The summed E-state index contributed by atoms with van der Waals surface area (Å²) in [7, 11) is -3.07. The van der Waals surface area contributed by atoms with E-state index in [9.17, 15) is 13.2 Å². The second kappa shape index (κ2) is 6.81. The summed E-state index contributed by atoms with van der Waals surface area (Å²) >= 11 is 0. The molecule has 2 heterocycles. The molecular weight excluding hydrogens is 326 g/mol. The predicted octanol–water partition coefficient (Wildman–Crippen LogP) is 2.67. The van der Waals surface area contributed by atoms with E-state index in [1.807, 2.05) is 12.1 Å². The highest BCUT2D eigenvalue weighted by Crippen LogP contribution is 2.22. The Kier molecular flexibility index (Phi) is 4.76. The van der Waals surface area contributed by atoms with Gasteiger partial charge in [0.2, 0.25) is 0 Å². The molecule has 1 saturated heterocycles. The van der Waals surface area contributed by atoms with E-state index >= 15 is 0 Å². The van der Waals surface area contributed by atoms with Crippen LogP contribution in [0.2, 0.25) is 0 Å². The van der Waals surface area contributed by atoms with Gasteiger partial charge in [0.25, 0.3) is 5.91 Å². The van der Waals surface area contributed by atoms with Crippen LogP contribution in [-0.2, 0) is 22.8 Å². The topological polar surface area (TPSA) is 67.6 Å². The number of amides is 1. The predicted molar refractivity (Wildman–Crippen MR) is 91.5 cm³/mol. The highest BCUT2D eigenvalue weighted by Gasteiger charge is 2.35. The van der Waals surface area contributed by atoms with Gasteiger partial charge in [-0.15, -0.1) is 0 Å². The van der Waals surface area contributed by atoms with E-state index < -0.39 is 9.84 Å². The molecule has 0 spiro atoms. The number of nitrogens with zero attached hydrogens (tertiary/aromatic N) is 1. The van der Waals surface area contributed by atoms with Crippen LogP contribution >= 0.6 is 0 Å². The average molecular weight is 347 g/mol. The molecule has 1 aromatic heterocycles. The van der Waals surface area contributed by atoms with Gasteiger partial charge < -0.3 is 9.32 Å². The van der Waals surface area contributed by atoms with E-state index in [0.29, 0.717) is 17.7 Å². The zero-order valence-electron chi connectivity index (χ0n) is 13.6. The summed E-state index contributed by atoms with van der Waals surface area (Å²) in [6, 6.07) is 10.7. The molecule has 24 heavy (non-hydrogen) atoms. The molecule has 0 bridgehead atoms. The smallest absolute Gasteiger partial charge is 0.254 e. The van der Waals surface area contributed by atoms with Crippen LogP contribution in [0.25, 0.3) is 0 Å². The molecular formula is C18H21NO4S. The third kappa shape index (κ3) is 3.70. The highest BCUT2D eigenvalue weighted by atomic mass is 32.2. The largest absolute Gasteiger partial charge is 0.467 e. The van der Waals surface area contributed by atoms with Crippen molar-refractivity contribution >= 4 is 15.7 Å². The van der Waals surface area contributed by atoms with Crippen molar-refractivity contribution in [1.82, 2.24) is 4.90 Å². The first kappa shape index (κ1) is 16.8. The Balaban J connectivity index is 1.86. The maximum atomic E-state index is 13.0. The zero-order chi connectivity index (χ0) is 17.2. The number of sulfone groups is 1. The van der Waals surface area contributed by atoms with Gasteiger partial charge in [0.05, 0.1) is 24.3 Å². The molecule has 0 radical (unpaired) electrons. The minimum absolute atomic E-state index is 0.0203. The number of hydrogen-bond acceptors (Lipinski definition) is 4. The number of aryl methyl sites for hydroxylation is 1. The van der Waals surface area contributed by atoms with E-state index in [0.717, 1.165) is 12.0 Å². The first-order valence-electron chi connectivity index (χ1n) is 8.11. The van der Waals surface area contributed by atoms with Gasteiger partial charge in [0, 0.05) is 11.6 Å². The summed E-state index contributed by atoms with van der Waals surface area (Å²) in [6.45, 7) is 2.34. The third-order valence-corrected chi connectivity index (χ3v) is 6.18. The molecule has 5 nitrogen and oxygen atoms in total. The van der Waals surface area contributed by atoms with Crippen LogP contribution in [-0.4, -0.2) is 36.8 Å². The van der Waals surface area contributed by atoms with Gasteiger partial charge in [-0.3, -0.25) is 4.79 Å². The molecule has 0 aliphatic carbocycles. The lowest BCUT2D eigenvalue weighted by Gasteiger charge is -2.27. The van der Waals surface area contributed by atoms with Crippen LogP contribution in [0.4, 0.5) is 0 Å². The zero-order valence-corrected chi connectivity index (χ0v) is 14.5. The maximum absolute atomic E-state index is 13.0. The summed E-state index contributed by atoms with van der Waals surface area (Å²) in [5.74, 6) is 0.648. The molecule has 1 fully saturated rings. The molecule has 1 aliphatic heterocycles. The Morgan fingerprint density at radius 1 is 1.25 bits per heavy atom. The van der Waals surface area contributed by atoms with Gasteiger partial charge in [-0.2, -0.15) is 0 Å². The normalized spacial score (nSPS) is 19.3. The van der Waals surface area contributed by atoms with Gasteiger partial charge in [0.15, 0.2) is 9.84 Å². The van der Waals surface area contributed by atoms with Crippen LogP contribution in [0.5, 0.6) is 0 Å². The number of carbonyl (C=O) groups is 1. The highest BCUT2D eigenvalue weighted by molar-refractivity contribution is 7.91. The Labute approximate surface area is 142 Å². The fourth-order valence-corrected chi connectivity index (χ4v) is 4.74. The standard InChI is InChI=1S/C18H21NO4S/c1-2-14-5-7-15(8-6-14)18(20)19(12-17-4-3-10-23-17)16-9-11-24(21,22)13-16/h3-8,10,16H,2,9,11-13H2,1H3. The average Bonchev–Trinajstić information content (AvgIpc) is 3.21. The summed E-state index contributed by atoms with van der Waals surface area (Å²) in [5, 5.41) is 0. The van der Waals surface area contributed by atoms with Crippen molar-refractivity contribution < 1.29 is 17.6 Å².